The fourth-order valence-corrected chi connectivity index (χ4v) is 1.48. The SMILES string of the molecule is CO/N=C(\C)C1(C)OOC(c2ccccc2)O1. The van der Waals surface area contributed by atoms with Crippen molar-refractivity contribution < 1.29 is 19.3 Å². The van der Waals surface area contributed by atoms with Gasteiger partial charge in [0.25, 0.3) is 0 Å². The lowest BCUT2D eigenvalue weighted by molar-refractivity contribution is -0.310. The highest BCUT2D eigenvalue weighted by molar-refractivity contribution is 5.88. The zero-order valence-electron chi connectivity index (χ0n) is 10.0. The summed E-state index contributed by atoms with van der Waals surface area (Å²) >= 11 is 0. The summed E-state index contributed by atoms with van der Waals surface area (Å²) in [6, 6.07) is 9.56. The number of nitrogens with zero attached hydrogens (tertiary/aromatic N) is 1. The average Bonchev–Trinajstić information content (AvgIpc) is 2.75. The van der Waals surface area contributed by atoms with E-state index in [0.29, 0.717) is 5.71 Å². The van der Waals surface area contributed by atoms with Gasteiger partial charge in [-0.1, -0.05) is 35.5 Å². The molecule has 1 aromatic carbocycles. The van der Waals surface area contributed by atoms with E-state index >= 15 is 0 Å². The van der Waals surface area contributed by atoms with Crippen LogP contribution in [0.3, 0.4) is 0 Å². The Morgan fingerprint density at radius 2 is 2.06 bits per heavy atom. The maximum Gasteiger partial charge on any atom is 0.243 e. The lowest BCUT2D eigenvalue weighted by Gasteiger charge is -2.18. The summed E-state index contributed by atoms with van der Waals surface area (Å²) in [6.45, 7) is 3.48. The summed E-state index contributed by atoms with van der Waals surface area (Å²) in [5, 5.41) is 3.79. The molecule has 0 N–H and O–H groups in total. The highest BCUT2D eigenvalue weighted by Gasteiger charge is 2.43. The summed E-state index contributed by atoms with van der Waals surface area (Å²) in [5.74, 6) is -1.02. The molecule has 2 atom stereocenters. The second kappa shape index (κ2) is 4.83. The zero-order chi connectivity index (χ0) is 12.3. The maximum atomic E-state index is 5.69. The van der Waals surface area contributed by atoms with E-state index in [1.54, 1.807) is 13.8 Å². The van der Waals surface area contributed by atoms with Crippen molar-refractivity contribution in [3.8, 4) is 0 Å². The van der Waals surface area contributed by atoms with Crippen molar-refractivity contribution in [2.75, 3.05) is 7.11 Å². The molecule has 1 saturated heterocycles. The Labute approximate surface area is 99.8 Å². The molecule has 1 aliphatic heterocycles. The van der Waals surface area contributed by atoms with E-state index in [0.717, 1.165) is 5.56 Å². The van der Waals surface area contributed by atoms with Gasteiger partial charge >= 0.3 is 0 Å². The molecule has 1 heterocycles. The zero-order valence-corrected chi connectivity index (χ0v) is 10.0. The number of hydrogen-bond donors (Lipinski definition) is 0. The average molecular weight is 237 g/mol. The van der Waals surface area contributed by atoms with E-state index < -0.39 is 12.1 Å². The summed E-state index contributed by atoms with van der Waals surface area (Å²) < 4.78 is 5.69. The molecule has 0 amide bonds. The molecule has 2 rings (SSSR count). The second-order valence-corrected chi connectivity index (χ2v) is 3.84. The summed E-state index contributed by atoms with van der Waals surface area (Å²) in [7, 11) is 1.47. The van der Waals surface area contributed by atoms with Gasteiger partial charge in [-0.3, -0.25) is 0 Å². The van der Waals surface area contributed by atoms with Crippen LogP contribution in [0, 0.1) is 0 Å². The van der Waals surface area contributed by atoms with Crippen molar-refractivity contribution in [2.45, 2.75) is 25.9 Å². The molecule has 5 heteroatoms. The minimum absolute atomic E-state index is 0.553. The Balaban J connectivity index is 2.12. The van der Waals surface area contributed by atoms with Crippen molar-refractivity contribution in [2.24, 2.45) is 5.16 Å². The first-order valence-electron chi connectivity index (χ1n) is 5.31. The van der Waals surface area contributed by atoms with Gasteiger partial charge in [0.2, 0.25) is 12.1 Å². The highest BCUT2D eigenvalue weighted by atomic mass is 17.3. The van der Waals surface area contributed by atoms with Gasteiger partial charge in [-0.25, -0.2) is 0 Å². The minimum Gasteiger partial charge on any atom is -0.399 e. The molecule has 1 aromatic rings. The number of benzene rings is 1. The predicted octanol–water partition coefficient (Wildman–Crippen LogP) is 2.40. The lowest BCUT2D eigenvalue weighted by Crippen LogP contribution is -2.34. The molecule has 92 valence electrons. The van der Waals surface area contributed by atoms with Crippen LogP contribution in [0.15, 0.2) is 35.5 Å². The molecule has 1 aliphatic rings. The van der Waals surface area contributed by atoms with Crippen LogP contribution in [-0.4, -0.2) is 18.6 Å². The first-order valence-corrected chi connectivity index (χ1v) is 5.31. The van der Waals surface area contributed by atoms with Crippen LogP contribution >= 0.6 is 0 Å². The van der Waals surface area contributed by atoms with E-state index in [9.17, 15) is 0 Å². The molecular weight excluding hydrogens is 222 g/mol. The van der Waals surface area contributed by atoms with Gasteiger partial charge in [0.05, 0.1) is 0 Å². The van der Waals surface area contributed by atoms with Gasteiger partial charge in [-0.05, 0) is 13.8 Å². The van der Waals surface area contributed by atoms with E-state index in [4.69, 9.17) is 19.3 Å². The number of ether oxygens (including phenoxy) is 1. The molecule has 0 spiro atoms. The third-order valence-electron chi connectivity index (χ3n) is 2.58. The van der Waals surface area contributed by atoms with Crippen molar-refractivity contribution in [3.63, 3.8) is 0 Å². The van der Waals surface area contributed by atoms with Crippen LogP contribution in [-0.2, 0) is 19.3 Å². The largest absolute Gasteiger partial charge is 0.399 e. The quantitative estimate of drug-likeness (QED) is 0.460. The van der Waals surface area contributed by atoms with Crippen LogP contribution in [0.4, 0.5) is 0 Å². The number of oxime groups is 1. The van der Waals surface area contributed by atoms with Crippen LogP contribution in [0.5, 0.6) is 0 Å². The molecular formula is C12H15NO4. The van der Waals surface area contributed by atoms with Crippen molar-refractivity contribution in [1.29, 1.82) is 0 Å². The first-order chi connectivity index (χ1) is 8.15. The van der Waals surface area contributed by atoms with Gasteiger partial charge in [0, 0.05) is 5.56 Å². The normalized spacial score (nSPS) is 29.4. The Morgan fingerprint density at radius 1 is 1.35 bits per heavy atom. The molecule has 0 saturated carbocycles. The Kier molecular flexibility index (Phi) is 3.42. The lowest BCUT2D eigenvalue weighted by atomic mass is 10.2. The number of rotatable bonds is 3. The predicted molar refractivity (Wildman–Crippen MR) is 61.0 cm³/mol. The van der Waals surface area contributed by atoms with E-state index in [-0.39, 0.29) is 0 Å². The molecule has 5 nitrogen and oxygen atoms in total. The second-order valence-electron chi connectivity index (χ2n) is 3.84. The van der Waals surface area contributed by atoms with Crippen molar-refractivity contribution in [3.05, 3.63) is 35.9 Å². The smallest absolute Gasteiger partial charge is 0.243 e. The topological polar surface area (TPSA) is 49.3 Å². The Bertz CT molecular complexity index is 406. The van der Waals surface area contributed by atoms with Gasteiger partial charge in [0.15, 0.2) is 0 Å². The molecule has 0 bridgehead atoms. The van der Waals surface area contributed by atoms with Crippen LogP contribution in [0.25, 0.3) is 0 Å². The Morgan fingerprint density at radius 3 is 2.71 bits per heavy atom. The van der Waals surface area contributed by atoms with Crippen LogP contribution in [0.2, 0.25) is 0 Å². The van der Waals surface area contributed by atoms with E-state index in [2.05, 4.69) is 5.16 Å². The fourth-order valence-electron chi connectivity index (χ4n) is 1.48. The van der Waals surface area contributed by atoms with Crippen molar-refractivity contribution >= 4 is 5.71 Å². The van der Waals surface area contributed by atoms with Gasteiger partial charge in [-0.15, -0.1) is 0 Å². The fraction of sp³-hybridized carbons (Fsp3) is 0.417. The van der Waals surface area contributed by atoms with Gasteiger partial charge in [0.1, 0.15) is 12.8 Å². The first kappa shape index (κ1) is 12.0. The third kappa shape index (κ3) is 2.46. The maximum absolute atomic E-state index is 5.69. The molecule has 0 aliphatic carbocycles. The van der Waals surface area contributed by atoms with Crippen molar-refractivity contribution in [1.82, 2.24) is 0 Å². The van der Waals surface area contributed by atoms with Gasteiger partial charge in [-0.2, -0.15) is 9.78 Å². The monoisotopic (exact) mass is 237 g/mol. The minimum atomic E-state index is -1.02. The summed E-state index contributed by atoms with van der Waals surface area (Å²) in [5.41, 5.74) is 1.44. The van der Waals surface area contributed by atoms with Crippen LogP contribution < -0.4 is 0 Å². The highest BCUT2D eigenvalue weighted by Crippen LogP contribution is 2.35. The van der Waals surface area contributed by atoms with Gasteiger partial charge < -0.3 is 9.57 Å². The molecule has 0 aromatic heterocycles. The van der Waals surface area contributed by atoms with Crippen LogP contribution in [0.1, 0.15) is 25.7 Å². The molecule has 2 unspecified atom stereocenters. The summed E-state index contributed by atoms with van der Waals surface area (Å²) in [6.07, 6.45) is -0.553. The molecule has 17 heavy (non-hydrogen) atoms. The third-order valence-corrected chi connectivity index (χ3v) is 2.58. The standard InChI is InChI=1S/C12H15NO4/c1-9(13-14-3)12(2)15-11(16-17-12)10-7-5-4-6-8-10/h4-8,11H,1-3H3/b13-9+. The molecule has 1 fully saturated rings. The number of hydrogen-bond acceptors (Lipinski definition) is 5. The summed E-state index contributed by atoms with van der Waals surface area (Å²) in [4.78, 5) is 15.0. The van der Waals surface area contributed by atoms with E-state index in [1.807, 2.05) is 30.3 Å². The van der Waals surface area contributed by atoms with E-state index in [1.165, 1.54) is 7.11 Å². The molecule has 0 radical (unpaired) electrons. The Hall–Kier alpha value is -1.43.